The van der Waals surface area contributed by atoms with Crippen molar-refractivity contribution in [2.45, 2.75) is 13.3 Å². The molecule has 0 spiro atoms. The molecule has 0 atom stereocenters. The third-order valence-corrected chi connectivity index (χ3v) is 3.35. The molecule has 2 aromatic carbocycles. The number of benzene rings is 2. The maximum absolute atomic E-state index is 11.7. The zero-order valence-electron chi connectivity index (χ0n) is 11.9. The van der Waals surface area contributed by atoms with Crippen molar-refractivity contribution in [3.63, 3.8) is 0 Å². The molecule has 3 nitrogen and oxygen atoms in total. The van der Waals surface area contributed by atoms with Crippen LogP contribution < -0.4 is 10.1 Å². The van der Waals surface area contributed by atoms with Gasteiger partial charge >= 0.3 is 0 Å². The number of ether oxygens (including phenoxy) is 1. The van der Waals surface area contributed by atoms with Crippen LogP contribution >= 0.6 is 11.6 Å². The van der Waals surface area contributed by atoms with Gasteiger partial charge in [0.15, 0.2) is 6.61 Å². The van der Waals surface area contributed by atoms with Crippen molar-refractivity contribution in [2.24, 2.45) is 0 Å². The van der Waals surface area contributed by atoms with E-state index in [2.05, 4.69) is 5.32 Å². The molecule has 1 amide bonds. The van der Waals surface area contributed by atoms with E-state index in [1.165, 1.54) is 0 Å². The number of aryl methyl sites for hydroxylation is 1. The highest BCUT2D eigenvalue weighted by Crippen LogP contribution is 2.15. The van der Waals surface area contributed by atoms with E-state index in [0.717, 1.165) is 28.3 Å². The van der Waals surface area contributed by atoms with Crippen LogP contribution in [-0.4, -0.2) is 19.1 Å². The Hall–Kier alpha value is -2.00. The van der Waals surface area contributed by atoms with Gasteiger partial charge in [0.2, 0.25) is 0 Å². The van der Waals surface area contributed by atoms with E-state index in [1.54, 1.807) is 0 Å². The van der Waals surface area contributed by atoms with Gasteiger partial charge in [-0.25, -0.2) is 0 Å². The number of rotatable bonds is 6. The van der Waals surface area contributed by atoms with Crippen molar-refractivity contribution in [1.82, 2.24) is 5.32 Å². The summed E-state index contributed by atoms with van der Waals surface area (Å²) in [7, 11) is 0. The highest BCUT2D eigenvalue weighted by molar-refractivity contribution is 6.30. The van der Waals surface area contributed by atoms with E-state index in [4.69, 9.17) is 16.3 Å². The van der Waals surface area contributed by atoms with Gasteiger partial charge in [0.1, 0.15) is 5.75 Å². The molecule has 0 aliphatic heterocycles. The fraction of sp³-hybridized carbons (Fsp3) is 0.235. The number of nitrogens with one attached hydrogen (secondary N) is 1. The molecule has 1 N–H and O–H groups in total. The first kappa shape index (κ1) is 15.4. The highest BCUT2D eigenvalue weighted by atomic mass is 35.5. The van der Waals surface area contributed by atoms with Gasteiger partial charge in [0.25, 0.3) is 5.91 Å². The van der Waals surface area contributed by atoms with Crippen molar-refractivity contribution in [1.29, 1.82) is 0 Å². The van der Waals surface area contributed by atoms with Crippen LogP contribution in [0.5, 0.6) is 5.75 Å². The van der Waals surface area contributed by atoms with E-state index in [0.29, 0.717) is 6.54 Å². The molecule has 2 rings (SSSR count). The largest absolute Gasteiger partial charge is 0.484 e. The van der Waals surface area contributed by atoms with Crippen molar-refractivity contribution in [3.05, 3.63) is 64.7 Å². The molecule has 0 saturated carbocycles. The zero-order chi connectivity index (χ0) is 15.1. The average molecular weight is 304 g/mol. The van der Waals surface area contributed by atoms with Crippen LogP contribution in [0.15, 0.2) is 48.5 Å². The first-order valence-corrected chi connectivity index (χ1v) is 7.22. The number of para-hydroxylation sites is 1. The van der Waals surface area contributed by atoms with Crippen LogP contribution in [0.25, 0.3) is 0 Å². The minimum absolute atomic E-state index is 0.0332. The summed E-state index contributed by atoms with van der Waals surface area (Å²) in [6.07, 6.45) is 0.771. The second-order valence-electron chi connectivity index (χ2n) is 4.78. The molecule has 2 aromatic rings. The van der Waals surface area contributed by atoms with E-state index in [9.17, 15) is 4.79 Å². The smallest absolute Gasteiger partial charge is 0.257 e. The lowest BCUT2D eigenvalue weighted by Crippen LogP contribution is -2.30. The SMILES string of the molecule is Cc1ccccc1OCC(=O)NCCc1ccc(Cl)cc1. The highest BCUT2D eigenvalue weighted by Gasteiger charge is 2.04. The van der Waals surface area contributed by atoms with Crippen molar-refractivity contribution in [2.75, 3.05) is 13.2 Å². The summed E-state index contributed by atoms with van der Waals surface area (Å²) in [5, 5.41) is 3.56. The number of hydrogen-bond donors (Lipinski definition) is 1. The second kappa shape index (κ2) is 7.70. The number of carbonyl (C=O) groups excluding carboxylic acids is 1. The maximum Gasteiger partial charge on any atom is 0.257 e. The van der Waals surface area contributed by atoms with Gasteiger partial charge in [-0.15, -0.1) is 0 Å². The monoisotopic (exact) mass is 303 g/mol. The summed E-state index contributed by atoms with van der Waals surface area (Å²) in [6.45, 7) is 2.57. The topological polar surface area (TPSA) is 38.3 Å². The molecule has 0 saturated heterocycles. The Balaban J connectivity index is 1.70. The van der Waals surface area contributed by atoms with E-state index in [1.807, 2.05) is 55.5 Å². The number of carbonyl (C=O) groups is 1. The second-order valence-corrected chi connectivity index (χ2v) is 5.22. The fourth-order valence-electron chi connectivity index (χ4n) is 1.91. The summed E-state index contributed by atoms with van der Waals surface area (Å²) in [4.78, 5) is 11.7. The lowest BCUT2D eigenvalue weighted by molar-refractivity contribution is -0.123. The predicted molar refractivity (Wildman–Crippen MR) is 84.8 cm³/mol. The summed E-state index contributed by atoms with van der Waals surface area (Å²) in [5.74, 6) is 0.623. The van der Waals surface area contributed by atoms with Gasteiger partial charge in [-0.1, -0.05) is 41.9 Å². The minimum Gasteiger partial charge on any atom is -0.484 e. The summed E-state index contributed by atoms with van der Waals surface area (Å²) in [6, 6.07) is 15.2. The van der Waals surface area contributed by atoms with Gasteiger partial charge in [-0.05, 0) is 42.7 Å². The minimum atomic E-state index is -0.118. The van der Waals surface area contributed by atoms with Gasteiger partial charge in [-0.3, -0.25) is 4.79 Å². The Morgan fingerprint density at radius 1 is 1.14 bits per heavy atom. The quantitative estimate of drug-likeness (QED) is 0.888. The van der Waals surface area contributed by atoms with Crippen LogP contribution in [0.2, 0.25) is 5.02 Å². The third kappa shape index (κ3) is 5.12. The van der Waals surface area contributed by atoms with E-state index < -0.39 is 0 Å². The molecular formula is C17H18ClNO2. The number of amides is 1. The van der Waals surface area contributed by atoms with Crippen molar-refractivity contribution >= 4 is 17.5 Å². The summed E-state index contributed by atoms with van der Waals surface area (Å²) < 4.78 is 5.49. The first-order valence-electron chi connectivity index (χ1n) is 6.85. The number of halogens is 1. The standard InChI is InChI=1S/C17H18ClNO2/c1-13-4-2-3-5-16(13)21-12-17(20)19-11-10-14-6-8-15(18)9-7-14/h2-9H,10-12H2,1H3,(H,19,20). The Morgan fingerprint density at radius 3 is 2.57 bits per heavy atom. The zero-order valence-corrected chi connectivity index (χ0v) is 12.7. The first-order chi connectivity index (χ1) is 10.1. The van der Waals surface area contributed by atoms with Gasteiger partial charge < -0.3 is 10.1 Å². The van der Waals surface area contributed by atoms with E-state index >= 15 is 0 Å². The molecule has 0 radical (unpaired) electrons. The summed E-state index contributed by atoms with van der Waals surface area (Å²) >= 11 is 5.82. The lowest BCUT2D eigenvalue weighted by atomic mass is 10.1. The Kier molecular flexibility index (Phi) is 5.64. The molecule has 0 bridgehead atoms. The lowest BCUT2D eigenvalue weighted by Gasteiger charge is -2.09. The average Bonchev–Trinajstić information content (AvgIpc) is 2.48. The van der Waals surface area contributed by atoms with Gasteiger partial charge in [0.05, 0.1) is 0 Å². The molecule has 21 heavy (non-hydrogen) atoms. The molecule has 0 aliphatic carbocycles. The summed E-state index contributed by atoms with van der Waals surface area (Å²) in [5.41, 5.74) is 2.16. The van der Waals surface area contributed by atoms with Gasteiger partial charge in [0, 0.05) is 11.6 Å². The molecule has 0 heterocycles. The molecule has 0 aliphatic rings. The van der Waals surface area contributed by atoms with Crippen LogP contribution in [0.3, 0.4) is 0 Å². The third-order valence-electron chi connectivity index (χ3n) is 3.10. The maximum atomic E-state index is 11.7. The molecule has 0 fully saturated rings. The van der Waals surface area contributed by atoms with E-state index in [-0.39, 0.29) is 12.5 Å². The Labute approximate surface area is 129 Å². The van der Waals surface area contributed by atoms with Crippen molar-refractivity contribution in [3.8, 4) is 5.75 Å². The number of hydrogen-bond acceptors (Lipinski definition) is 2. The van der Waals surface area contributed by atoms with Gasteiger partial charge in [-0.2, -0.15) is 0 Å². The normalized spacial score (nSPS) is 10.2. The van der Waals surface area contributed by atoms with Crippen molar-refractivity contribution < 1.29 is 9.53 Å². The molecule has 0 aromatic heterocycles. The molecule has 0 unspecified atom stereocenters. The predicted octanol–water partition coefficient (Wildman–Crippen LogP) is 3.39. The van der Waals surface area contributed by atoms with Crippen LogP contribution in [0.4, 0.5) is 0 Å². The molecular weight excluding hydrogens is 286 g/mol. The molecule has 4 heteroatoms. The fourth-order valence-corrected chi connectivity index (χ4v) is 2.04. The van der Waals surface area contributed by atoms with Crippen LogP contribution in [0.1, 0.15) is 11.1 Å². The molecule has 110 valence electrons. The Morgan fingerprint density at radius 2 is 1.86 bits per heavy atom. The van der Waals surface area contributed by atoms with Crippen LogP contribution in [-0.2, 0) is 11.2 Å². The Bertz CT molecular complexity index is 596. The van der Waals surface area contributed by atoms with Crippen LogP contribution in [0, 0.1) is 6.92 Å².